The zero-order valence-corrected chi connectivity index (χ0v) is 12.2. The third-order valence-electron chi connectivity index (χ3n) is 3.23. The number of halogens is 1. The Balaban J connectivity index is 2.23. The van der Waals surface area contributed by atoms with Crippen molar-refractivity contribution in [3.05, 3.63) is 49.8 Å². The van der Waals surface area contributed by atoms with Crippen LogP contribution in [-0.4, -0.2) is 15.1 Å². The molecule has 106 valence electrons. The summed E-state index contributed by atoms with van der Waals surface area (Å²) in [5.74, 6) is 0. The minimum absolute atomic E-state index is 0.0783. The fourth-order valence-corrected chi connectivity index (χ4v) is 2.25. The van der Waals surface area contributed by atoms with Crippen LogP contribution < -0.4 is 5.32 Å². The number of benzene rings is 1. The minimum Gasteiger partial charge on any atom is -0.381 e. The average Bonchev–Trinajstić information content (AvgIpc) is 2.69. The summed E-state index contributed by atoms with van der Waals surface area (Å²) >= 11 is 5.92. The van der Waals surface area contributed by atoms with Crippen LogP contribution in [0.15, 0.2) is 12.1 Å². The number of H-pyrrole nitrogens is 1. The van der Waals surface area contributed by atoms with Gasteiger partial charge in [0.25, 0.3) is 5.69 Å². The van der Waals surface area contributed by atoms with E-state index in [1.165, 1.54) is 6.07 Å². The Bertz CT molecular complexity index is 647. The van der Waals surface area contributed by atoms with Crippen LogP contribution in [-0.2, 0) is 6.54 Å². The molecule has 0 aliphatic rings. The van der Waals surface area contributed by atoms with Crippen LogP contribution >= 0.6 is 11.6 Å². The second-order valence-corrected chi connectivity index (χ2v) is 5.05. The Morgan fingerprint density at radius 2 is 2.10 bits per heavy atom. The molecule has 0 saturated heterocycles. The molecule has 2 N–H and O–H groups in total. The molecule has 0 aliphatic carbocycles. The molecule has 0 atom stereocenters. The Labute approximate surface area is 121 Å². The first-order valence-electron chi connectivity index (χ1n) is 6.09. The Morgan fingerprint density at radius 1 is 1.40 bits per heavy atom. The van der Waals surface area contributed by atoms with Crippen LogP contribution in [0.25, 0.3) is 0 Å². The highest BCUT2D eigenvalue weighted by atomic mass is 35.5. The van der Waals surface area contributed by atoms with Crippen LogP contribution in [0.2, 0.25) is 5.02 Å². The summed E-state index contributed by atoms with van der Waals surface area (Å²) in [5, 5.41) is 21.2. The summed E-state index contributed by atoms with van der Waals surface area (Å²) in [5.41, 5.74) is 4.49. The number of hydrogen-bond donors (Lipinski definition) is 2. The van der Waals surface area contributed by atoms with Crippen molar-refractivity contribution in [2.75, 3.05) is 5.32 Å². The van der Waals surface area contributed by atoms with E-state index in [-0.39, 0.29) is 10.7 Å². The Morgan fingerprint density at radius 3 is 2.65 bits per heavy atom. The molecule has 0 amide bonds. The first-order valence-corrected chi connectivity index (χ1v) is 6.46. The van der Waals surface area contributed by atoms with Gasteiger partial charge in [-0.05, 0) is 32.4 Å². The zero-order valence-electron chi connectivity index (χ0n) is 11.5. The van der Waals surface area contributed by atoms with Crippen LogP contribution in [0.4, 0.5) is 11.4 Å². The predicted octanol–water partition coefficient (Wildman–Crippen LogP) is 3.51. The van der Waals surface area contributed by atoms with Crippen LogP contribution in [0.1, 0.15) is 22.5 Å². The van der Waals surface area contributed by atoms with E-state index >= 15 is 0 Å². The van der Waals surface area contributed by atoms with E-state index in [1.807, 2.05) is 13.8 Å². The fourth-order valence-electron chi connectivity index (χ4n) is 2.01. The molecular formula is C13H15ClN4O2. The van der Waals surface area contributed by atoms with Crippen LogP contribution in [0, 0.1) is 30.9 Å². The fraction of sp³-hybridized carbons (Fsp3) is 0.308. The van der Waals surface area contributed by atoms with Crippen molar-refractivity contribution in [2.45, 2.75) is 27.3 Å². The topological polar surface area (TPSA) is 83.8 Å². The summed E-state index contributed by atoms with van der Waals surface area (Å²) in [4.78, 5) is 10.3. The minimum atomic E-state index is -0.483. The summed E-state index contributed by atoms with van der Waals surface area (Å²) in [7, 11) is 0. The lowest BCUT2D eigenvalue weighted by Gasteiger charge is -2.10. The van der Waals surface area contributed by atoms with E-state index in [4.69, 9.17) is 11.6 Å². The molecule has 20 heavy (non-hydrogen) atoms. The van der Waals surface area contributed by atoms with Gasteiger partial charge in [0, 0.05) is 29.6 Å². The van der Waals surface area contributed by atoms with Crippen molar-refractivity contribution >= 4 is 23.0 Å². The summed E-state index contributed by atoms with van der Waals surface area (Å²) in [6.45, 7) is 6.27. The van der Waals surface area contributed by atoms with Gasteiger partial charge in [-0.25, -0.2) is 0 Å². The molecule has 0 saturated carbocycles. The lowest BCUT2D eigenvalue weighted by atomic mass is 10.1. The second kappa shape index (κ2) is 5.50. The molecule has 0 radical (unpaired) electrons. The van der Waals surface area contributed by atoms with Crippen LogP contribution in [0.3, 0.4) is 0 Å². The quantitative estimate of drug-likeness (QED) is 0.667. The van der Waals surface area contributed by atoms with Crippen molar-refractivity contribution in [3.63, 3.8) is 0 Å². The molecule has 2 rings (SSSR count). The third-order valence-corrected chi connectivity index (χ3v) is 3.53. The van der Waals surface area contributed by atoms with Gasteiger partial charge in [-0.2, -0.15) is 5.10 Å². The van der Waals surface area contributed by atoms with E-state index in [1.54, 1.807) is 13.0 Å². The number of aromatic amines is 1. The molecule has 1 heterocycles. The molecule has 1 aromatic carbocycles. The van der Waals surface area contributed by atoms with Gasteiger partial charge in [-0.3, -0.25) is 15.2 Å². The predicted molar refractivity (Wildman–Crippen MR) is 78.2 cm³/mol. The van der Waals surface area contributed by atoms with E-state index in [9.17, 15) is 10.1 Å². The lowest BCUT2D eigenvalue weighted by molar-refractivity contribution is -0.384. The number of aromatic nitrogens is 2. The van der Waals surface area contributed by atoms with Gasteiger partial charge in [0.15, 0.2) is 0 Å². The number of anilines is 1. The Kier molecular flexibility index (Phi) is 3.94. The van der Waals surface area contributed by atoms with Crippen molar-refractivity contribution in [2.24, 2.45) is 0 Å². The molecule has 0 spiro atoms. The first kappa shape index (κ1) is 14.3. The monoisotopic (exact) mass is 294 g/mol. The molecule has 2 aromatic rings. The van der Waals surface area contributed by atoms with Gasteiger partial charge in [-0.15, -0.1) is 0 Å². The maximum Gasteiger partial charge on any atom is 0.288 e. The van der Waals surface area contributed by atoms with Crippen molar-refractivity contribution in [1.29, 1.82) is 0 Å². The largest absolute Gasteiger partial charge is 0.381 e. The maximum atomic E-state index is 10.8. The van der Waals surface area contributed by atoms with E-state index < -0.39 is 4.92 Å². The summed E-state index contributed by atoms with van der Waals surface area (Å²) in [6.07, 6.45) is 0. The van der Waals surface area contributed by atoms with E-state index in [0.29, 0.717) is 6.54 Å². The van der Waals surface area contributed by atoms with Gasteiger partial charge in [-0.1, -0.05) is 11.6 Å². The SMILES string of the molecule is Cc1cc([N+](=O)[O-])c(Cl)cc1NCc1c(C)n[nH]c1C. The van der Waals surface area contributed by atoms with Gasteiger partial charge >= 0.3 is 0 Å². The van der Waals surface area contributed by atoms with Crippen molar-refractivity contribution in [3.8, 4) is 0 Å². The smallest absolute Gasteiger partial charge is 0.288 e. The number of hydrogen-bond acceptors (Lipinski definition) is 4. The molecule has 0 fully saturated rings. The Hall–Kier alpha value is -2.08. The second-order valence-electron chi connectivity index (χ2n) is 4.64. The number of nitro groups is 1. The van der Waals surface area contributed by atoms with Gasteiger partial charge in [0.2, 0.25) is 0 Å². The third kappa shape index (κ3) is 2.75. The van der Waals surface area contributed by atoms with Crippen molar-refractivity contribution in [1.82, 2.24) is 10.2 Å². The molecule has 6 nitrogen and oxygen atoms in total. The van der Waals surface area contributed by atoms with Gasteiger partial charge < -0.3 is 5.32 Å². The standard InChI is InChI=1S/C13H15ClN4O2/c1-7-4-13(18(19)20)11(14)5-12(7)15-6-10-8(2)16-17-9(10)3/h4-5,15H,6H2,1-3H3,(H,16,17). The number of rotatable bonds is 4. The first-order chi connectivity index (χ1) is 9.40. The number of aryl methyl sites for hydroxylation is 3. The highest BCUT2D eigenvalue weighted by Crippen LogP contribution is 2.30. The number of nitro benzene ring substituents is 1. The van der Waals surface area contributed by atoms with E-state index in [2.05, 4.69) is 15.5 Å². The van der Waals surface area contributed by atoms with E-state index in [0.717, 1.165) is 28.2 Å². The number of nitrogens with one attached hydrogen (secondary N) is 2. The molecule has 0 aliphatic heterocycles. The molecule has 1 aromatic heterocycles. The summed E-state index contributed by atoms with van der Waals surface area (Å²) in [6, 6.07) is 3.06. The molecule has 0 bridgehead atoms. The normalized spacial score (nSPS) is 10.6. The average molecular weight is 295 g/mol. The van der Waals surface area contributed by atoms with Crippen LogP contribution in [0.5, 0.6) is 0 Å². The number of nitrogens with zero attached hydrogens (tertiary/aromatic N) is 2. The van der Waals surface area contributed by atoms with Crippen molar-refractivity contribution < 1.29 is 4.92 Å². The van der Waals surface area contributed by atoms with Gasteiger partial charge in [0.1, 0.15) is 5.02 Å². The highest BCUT2D eigenvalue weighted by molar-refractivity contribution is 6.33. The molecule has 7 heteroatoms. The zero-order chi connectivity index (χ0) is 14.9. The lowest BCUT2D eigenvalue weighted by Crippen LogP contribution is -2.03. The molecule has 0 unspecified atom stereocenters. The maximum absolute atomic E-state index is 10.8. The van der Waals surface area contributed by atoms with Gasteiger partial charge in [0.05, 0.1) is 10.6 Å². The highest BCUT2D eigenvalue weighted by Gasteiger charge is 2.15. The molecular weight excluding hydrogens is 280 g/mol. The summed E-state index contributed by atoms with van der Waals surface area (Å²) < 4.78 is 0.